The number of nitrogens with zero attached hydrogens (tertiary/aromatic N) is 1. The van der Waals surface area contributed by atoms with E-state index in [1.165, 1.54) is 0 Å². The number of hydrogen-bond donors (Lipinski definition) is 0. The first-order valence-corrected chi connectivity index (χ1v) is 8.91. The van der Waals surface area contributed by atoms with Crippen LogP contribution in [0.15, 0.2) is 65.1 Å². The molecule has 3 aromatic rings. The lowest BCUT2D eigenvalue weighted by Crippen LogP contribution is -2.27. The van der Waals surface area contributed by atoms with E-state index in [4.69, 9.17) is 4.74 Å². The van der Waals surface area contributed by atoms with Crippen LogP contribution in [0.5, 0.6) is 5.75 Å². The molecule has 4 heteroatoms. The normalized spacial score (nSPS) is 10.7. The van der Waals surface area contributed by atoms with Gasteiger partial charge in [-0.3, -0.25) is 4.79 Å². The molecule has 0 aliphatic rings. The Kier molecular flexibility index (Phi) is 5.39. The highest BCUT2D eigenvalue weighted by Gasteiger charge is 2.16. The number of amides is 1. The van der Waals surface area contributed by atoms with Gasteiger partial charge in [0.2, 0.25) is 5.91 Å². The van der Waals surface area contributed by atoms with Crippen molar-refractivity contribution >= 4 is 32.6 Å². The standard InChI is InChI=1S/C21H20BrNO2/c1-23(14-15-6-4-3-5-7-15)21(24)13-19-18-10-9-17(22)12-16(18)8-11-20(19)25-2/h3-12H,13-14H2,1-2H3. The molecular formula is C21H20BrNO2. The molecule has 128 valence electrons. The highest BCUT2D eigenvalue weighted by Crippen LogP contribution is 2.30. The maximum atomic E-state index is 12.8. The predicted octanol–water partition coefficient (Wildman–Crippen LogP) is 4.81. The minimum atomic E-state index is 0.0672. The summed E-state index contributed by atoms with van der Waals surface area (Å²) in [5.41, 5.74) is 2.05. The molecule has 0 aliphatic carbocycles. The molecule has 0 saturated heterocycles. The Bertz CT molecular complexity index is 893. The number of carbonyl (C=O) groups excluding carboxylic acids is 1. The van der Waals surface area contributed by atoms with Gasteiger partial charge < -0.3 is 9.64 Å². The van der Waals surface area contributed by atoms with Crippen molar-refractivity contribution in [2.45, 2.75) is 13.0 Å². The van der Waals surface area contributed by atoms with Crippen LogP contribution in [0, 0.1) is 0 Å². The molecule has 0 bridgehead atoms. The Hall–Kier alpha value is -2.33. The molecule has 0 fully saturated rings. The molecule has 0 heterocycles. The first kappa shape index (κ1) is 17.5. The van der Waals surface area contributed by atoms with Gasteiger partial charge in [-0.25, -0.2) is 0 Å². The SMILES string of the molecule is COc1ccc2cc(Br)ccc2c1CC(=O)N(C)Cc1ccccc1. The molecule has 0 radical (unpaired) electrons. The van der Waals surface area contributed by atoms with Crippen LogP contribution in [0.2, 0.25) is 0 Å². The third kappa shape index (κ3) is 4.02. The number of methoxy groups -OCH3 is 1. The van der Waals surface area contributed by atoms with Gasteiger partial charge in [-0.2, -0.15) is 0 Å². The van der Waals surface area contributed by atoms with Gasteiger partial charge in [0.05, 0.1) is 13.5 Å². The zero-order chi connectivity index (χ0) is 17.8. The number of fused-ring (bicyclic) bond motifs is 1. The summed E-state index contributed by atoms with van der Waals surface area (Å²) in [4.78, 5) is 14.5. The second kappa shape index (κ2) is 7.70. The average molecular weight is 398 g/mol. The lowest BCUT2D eigenvalue weighted by Gasteiger charge is -2.19. The van der Waals surface area contributed by atoms with Gasteiger partial charge in [-0.1, -0.05) is 58.4 Å². The number of likely N-dealkylation sites (N-methyl/N-ethyl adjacent to an activating group) is 1. The van der Waals surface area contributed by atoms with Crippen LogP contribution in [0.25, 0.3) is 10.8 Å². The van der Waals surface area contributed by atoms with E-state index < -0.39 is 0 Å². The van der Waals surface area contributed by atoms with Crippen molar-refractivity contribution in [2.24, 2.45) is 0 Å². The van der Waals surface area contributed by atoms with E-state index in [9.17, 15) is 4.79 Å². The maximum absolute atomic E-state index is 12.8. The van der Waals surface area contributed by atoms with E-state index in [0.717, 1.165) is 32.1 Å². The van der Waals surface area contributed by atoms with Gasteiger partial charge in [-0.15, -0.1) is 0 Å². The van der Waals surface area contributed by atoms with Crippen LogP contribution in [0.1, 0.15) is 11.1 Å². The molecule has 0 aromatic heterocycles. The van der Waals surface area contributed by atoms with Crippen LogP contribution in [-0.4, -0.2) is 25.0 Å². The zero-order valence-corrected chi connectivity index (χ0v) is 15.9. The van der Waals surface area contributed by atoms with E-state index in [1.807, 2.05) is 61.6 Å². The summed E-state index contributed by atoms with van der Waals surface area (Å²) < 4.78 is 6.52. The Morgan fingerprint density at radius 2 is 1.84 bits per heavy atom. The average Bonchev–Trinajstić information content (AvgIpc) is 2.62. The van der Waals surface area contributed by atoms with Crippen molar-refractivity contribution in [3.8, 4) is 5.75 Å². The Morgan fingerprint density at radius 1 is 1.08 bits per heavy atom. The molecule has 1 amide bonds. The van der Waals surface area contributed by atoms with E-state index in [-0.39, 0.29) is 5.91 Å². The van der Waals surface area contributed by atoms with Crippen molar-refractivity contribution in [3.05, 3.63) is 76.3 Å². The number of benzene rings is 3. The molecule has 25 heavy (non-hydrogen) atoms. The molecule has 0 spiro atoms. The van der Waals surface area contributed by atoms with Crippen molar-refractivity contribution in [1.29, 1.82) is 0 Å². The monoisotopic (exact) mass is 397 g/mol. The third-order valence-electron chi connectivity index (χ3n) is 4.29. The molecule has 0 N–H and O–H groups in total. The van der Waals surface area contributed by atoms with E-state index >= 15 is 0 Å². The van der Waals surface area contributed by atoms with Gasteiger partial charge >= 0.3 is 0 Å². The minimum absolute atomic E-state index is 0.0672. The number of hydrogen-bond acceptors (Lipinski definition) is 2. The lowest BCUT2D eigenvalue weighted by molar-refractivity contribution is -0.129. The fourth-order valence-corrected chi connectivity index (χ4v) is 3.33. The molecular weight excluding hydrogens is 378 g/mol. The third-order valence-corrected chi connectivity index (χ3v) is 4.78. The summed E-state index contributed by atoms with van der Waals surface area (Å²) in [7, 11) is 3.48. The number of halogens is 1. The molecule has 0 atom stereocenters. The number of ether oxygens (including phenoxy) is 1. The van der Waals surface area contributed by atoms with Gasteiger partial charge in [0.25, 0.3) is 0 Å². The molecule has 0 aliphatic heterocycles. The van der Waals surface area contributed by atoms with Crippen LogP contribution >= 0.6 is 15.9 Å². The highest BCUT2D eigenvalue weighted by molar-refractivity contribution is 9.10. The lowest BCUT2D eigenvalue weighted by atomic mass is 10.0. The summed E-state index contributed by atoms with van der Waals surface area (Å²) in [6, 6.07) is 20.0. The summed E-state index contributed by atoms with van der Waals surface area (Å²) in [5, 5.41) is 2.13. The van der Waals surface area contributed by atoms with Crippen LogP contribution < -0.4 is 4.74 Å². The fourth-order valence-electron chi connectivity index (χ4n) is 2.95. The minimum Gasteiger partial charge on any atom is -0.496 e. The molecule has 3 nitrogen and oxygen atoms in total. The molecule has 3 rings (SSSR count). The summed E-state index contributed by atoms with van der Waals surface area (Å²) in [6.07, 6.45) is 0.311. The van der Waals surface area contributed by atoms with E-state index in [2.05, 4.69) is 22.0 Å². The maximum Gasteiger partial charge on any atom is 0.227 e. The first-order valence-electron chi connectivity index (χ1n) is 8.11. The summed E-state index contributed by atoms with van der Waals surface area (Å²) in [5.74, 6) is 0.814. The first-order chi connectivity index (χ1) is 12.1. The quantitative estimate of drug-likeness (QED) is 0.617. The second-order valence-corrected chi connectivity index (χ2v) is 6.94. The largest absolute Gasteiger partial charge is 0.496 e. The van der Waals surface area contributed by atoms with E-state index in [0.29, 0.717) is 13.0 Å². The van der Waals surface area contributed by atoms with Crippen molar-refractivity contribution < 1.29 is 9.53 Å². The Morgan fingerprint density at radius 3 is 2.56 bits per heavy atom. The molecule has 0 saturated carbocycles. The van der Waals surface area contributed by atoms with Crippen molar-refractivity contribution in [3.63, 3.8) is 0 Å². The number of carbonyl (C=O) groups is 1. The second-order valence-electron chi connectivity index (χ2n) is 6.02. The Balaban J connectivity index is 1.87. The van der Waals surface area contributed by atoms with Gasteiger partial charge in [0.1, 0.15) is 5.75 Å². The number of rotatable bonds is 5. The topological polar surface area (TPSA) is 29.5 Å². The van der Waals surface area contributed by atoms with Gasteiger partial charge in [0.15, 0.2) is 0 Å². The van der Waals surface area contributed by atoms with Gasteiger partial charge in [-0.05, 0) is 34.5 Å². The smallest absolute Gasteiger partial charge is 0.227 e. The molecule has 0 unspecified atom stereocenters. The summed E-state index contributed by atoms with van der Waals surface area (Å²) >= 11 is 3.50. The molecule has 3 aromatic carbocycles. The predicted molar refractivity (Wildman–Crippen MR) is 105 cm³/mol. The van der Waals surface area contributed by atoms with Crippen LogP contribution in [0.3, 0.4) is 0 Å². The van der Waals surface area contributed by atoms with Crippen LogP contribution in [-0.2, 0) is 17.8 Å². The Labute approximate surface area is 156 Å². The fraction of sp³-hybridized carbons (Fsp3) is 0.190. The van der Waals surface area contributed by atoms with Crippen molar-refractivity contribution in [1.82, 2.24) is 4.90 Å². The van der Waals surface area contributed by atoms with Gasteiger partial charge in [0, 0.05) is 23.6 Å². The van der Waals surface area contributed by atoms with Crippen LogP contribution in [0.4, 0.5) is 0 Å². The summed E-state index contributed by atoms with van der Waals surface area (Å²) in [6.45, 7) is 0.596. The van der Waals surface area contributed by atoms with Crippen molar-refractivity contribution in [2.75, 3.05) is 14.2 Å². The highest BCUT2D eigenvalue weighted by atomic mass is 79.9. The zero-order valence-electron chi connectivity index (χ0n) is 14.3. The van der Waals surface area contributed by atoms with E-state index in [1.54, 1.807) is 12.0 Å².